The number of nitrogens with zero attached hydrogens (tertiary/aromatic N) is 1. The number of hydrogen-bond donors (Lipinski definition) is 1. The van der Waals surface area contributed by atoms with Crippen molar-refractivity contribution in [1.29, 1.82) is 0 Å². The van der Waals surface area contributed by atoms with E-state index < -0.39 is 16.3 Å². The zero-order chi connectivity index (χ0) is 14.3. The van der Waals surface area contributed by atoms with Crippen LogP contribution in [0.5, 0.6) is 0 Å². The smallest absolute Gasteiger partial charge is 0.243 e. The minimum Gasteiger partial charge on any atom is -0.352 e. The van der Waals surface area contributed by atoms with Gasteiger partial charge in [0, 0.05) is 19.4 Å². The van der Waals surface area contributed by atoms with Gasteiger partial charge < -0.3 is 9.47 Å². The lowest BCUT2D eigenvalue weighted by molar-refractivity contribution is -0.130. The number of aromatic nitrogens is 1. The Bertz CT molecular complexity index is 489. The number of rotatable bonds is 8. The van der Waals surface area contributed by atoms with Crippen LogP contribution >= 0.6 is 11.6 Å². The number of halogens is 1. The molecule has 8 heteroatoms. The van der Waals surface area contributed by atoms with Gasteiger partial charge in [0.2, 0.25) is 10.0 Å². The van der Waals surface area contributed by atoms with Crippen molar-refractivity contribution in [2.45, 2.75) is 25.0 Å². The van der Waals surface area contributed by atoms with Crippen molar-refractivity contribution in [3.8, 4) is 0 Å². The summed E-state index contributed by atoms with van der Waals surface area (Å²) in [5.74, 6) is 0. The van der Waals surface area contributed by atoms with E-state index in [1.807, 2.05) is 0 Å². The first kappa shape index (κ1) is 16.3. The normalized spacial score (nSPS) is 12.0. The van der Waals surface area contributed by atoms with Crippen LogP contribution in [0.3, 0.4) is 0 Å². The molecule has 0 fully saturated rings. The van der Waals surface area contributed by atoms with Crippen LogP contribution in [0.15, 0.2) is 23.2 Å². The first-order chi connectivity index (χ1) is 9.01. The fourth-order valence-corrected chi connectivity index (χ4v) is 2.83. The lowest BCUT2D eigenvalue weighted by atomic mass is 10.5. The highest BCUT2D eigenvalue weighted by molar-refractivity contribution is 7.89. The Morgan fingerprint density at radius 3 is 2.53 bits per heavy atom. The second kappa shape index (κ2) is 7.76. The molecule has 0 aliphatic carbocycles. The maximum Gasteiger partial charge on any atom is 0.243 e. The monoisotopic (exact) mass is 308 g/mol. The van der Waals surface area contributed by atoms with E-state index in [-0.39, 0.29) is 16.6 Å². The van der Waals surface area contributed by atoms with Crippen molar-refractivity contribution in [1.82, 2.24) is 9.71 Å². The van der Waals surface area contributed by atoms with Gasteiger partial charge in [-0.1, -0.05) is 11.6 Å². The van der Waals surface area contributed by atoms with E-state index in [1.54, 1.807) is 13.8 Å². The van der Waals surface area contributed by atoms with E-state index >= 15 is 0 Å². The first-order valence-corrected chi connectivity index (χ1v) is 7.70. The zero-order valence-corrected chi connectivity index (χ0v) is 12.4. The molecule has 0 aliphatic heterocycles. The Labute approximate surface area is 118 Å². The van der Waals surface area contributed by atoms with Gasteiger partial charge >= 0.3 is 0 Å². The summed E-state index contributed by atoms with van der Waals surface area (Å²) in [5.41, 5.74) is 0. The van der Waals surface area contributed by atoms with Gasteiger partial charge in [-0.15, -0.1) is 0 Å². The summed E-state index contributed by atoms with van der Waals surface area (Å²) in [4.78, 5) is 3.66. The number of ether oxygens (including phenoxy) is 2. The van der Waals surface area contributed by atoms with E-state index in [2.05, 4.69) is 9.71 Å². The molecule has 0 saturated heterocycles. The van der Waals surface area contributed by atoms with Crippen molar-refractivity contribution in [2.75, 3.05) is 19.8 Å². The van der Waals surface area contributed by atoms with E-state index in [4.69, 9.17) is 21.1 Å². The molecule has 0 bridgehead atoms. The highest BCUT2D eigenvalue weighted by Crippen LogP contribution is 2.17. The van der Waals surface area contributed by atoms with Crippen molar-refractivity contribution >= 4 is 21.6 Å². The van der Waals surface area contributed by atoms with Crippen LogP contribution in [0.1, 0.15) is 13.8 Å². The van der Waals surface area contributed by atoms with Crippen molar-refractivity contribution < 1.29 is 17.9 Å². The first-order valence-electron chi connectivity index (χ1n) is 5.84. The van der Waals surface area contributed by atoms with Gasteiger partial charge in [-0.25, -0.2) is 18.1 Å². The third kappa shape index (κ3) is 5.04. The molecule has 0 saturated carbocycles. The topological polar surface area (TPSA) is 77.5 Å². The van der Waals surface area contributed by atoms with Gasteiger partial charge in [0.25, 0.3) is 0 Å². The third-order valence-corrected chi connectivity index (χ3v) is 4.03. The van der Waals surface area contributed by atoms with Crippen LogP contribution in [0.2, 0.25) is 5.15 Å². The minimum absolute atomic E-state index is 0.00916. The Balaban J connectivity index is 2.72. The quantitative estimate of drug-likeness (QED) is 0.580. The number of pyridine rings is 1. The van der Waals surface area contributed by atoms with Gasteiger partial charge in [-0.2, -0.15) is 0 Å². The maximum atomic E-state index is 12.0. The predicted molar refractivity (Wildman–Crippen MR) is 71.5 cm³/mol. The summed E-state index contributed by atoms with van der Waals surface area (Å²) < 4.78 is 36.9. The number of sulfonamides is 1. The van der Waals surface area contributed by atoms with Gasteiger partial charge in [-0.3, -0.25) is 0 Å². The van der Waals surface area contributed by atoms with Gasteiger partial charge in [0.1, 0.15) is 10.0 Å². The lowest BCUT2D eigenvalue weighted by Crippen LogP contribution is -2.35. The molecule has 0 spiro atoms. The SMILES string of the molecule is CCOC(CNS(=O)(=O)c1cccnc1Cl)OCC. The van der Waals surface area contributed by atoms with Crippen LogP contribution in [-0.4, -0.2) is 39.5 Å². The maximum absolute atomic E-state index is 12.0. The molecule has 19 heavy (non-hydrogen) atoms. The van der Waals surface area contributed by atoms with Gasteiger partial charge in [0.15, 0.2) is 6.29 Å². The molecule has 0 unspecified atom stereocenters. The van der Waals surface area contributed by atoms with Crippen LogP contribution in [0.25, 0.3) is 0 Å². The Morgan fingerprint density at radius 2 is 2.00 bits per heavy atom. The average Bonchev–Trinajstić information content (AvgIpc) is 2.37. The predicted octanol–water partition coefficient (Wildman–Crippen LogP) is 1.41. The molecule has 0 amide bonds. The molecular weight excluding hydrogens is 292 g/mol. The Hall–Kier alpha value is -0.730. The highest BCUT2D eigenvalue weighted by atomic mass is 35.5. The molecule has 1 aromatic rings. The standard InChI is InChI=1S/C11H17ClN2O4S/c1-3-17-10(18-4-2)8-14-19(15,16)9-6-5-7-13-11(9)12/h5-7,10,14H,3-4,8H2,1-2H3. The largest absolute Gasteiger partial charge is 0.352 e. The Kier molecular flexibility index (Phi) is 6.67. The highest BCUT2D eigenvalue weighted by Gasteiger charge is 2.20. The van der Waals surface area contributed by atoms with Gasteiger partial charge in [0.05, 0.1) is 6.54 Å². The molecule has 0 aliphatic rings. The molecule has 0 radical (unpaired) electrons. The molecule has 108 valence electrons. The summed E-state index contributed by atoms with van der Waals surface area (Å²) in [6.45, 7) is 4.48. The van der Waals surface area contributed by atoms with Crippen LogP contribution in [0.4, 0.5) is 0 Å². The number of hydrogen-bond acceptors (Lipinski definition) is 5. The zero-order valence-electron chi connectivity index (χ0n) is 10.8. The molecule has 0 aromatic carbocycles. The summed E-state index contributed by atoms with van der Waals surface area (Å²) in [6.07, 6.45) is 0.796. The molecule has 1 heterocycles. The summed E-state index contributed by atoms with van der Waals surface area (Å²) >= 11 is 5.75. The van der Waals surface area contributed by atoms with Crippen molar-refractivity contribution in [3.05, 3.63) is 23.5 Å². The lowest BCUT2D eigenvalue weighted by Gasteiger charge is -2.17. The van der Waals surface area contributed by atoms with Crippen LogP contribution < -0.4 is 4.72 Å². The van der Waals surface area contributed by atoms with E-state index in [0.717, 1.165) is 0 Å². The molecule has 0 atom stereocenters. The summed E-state index contributed by atoms with van der Waals surface area (Å²) in [7, 11) is -3.73. The number of nitrogens with one attached hydrogen (secondary N) is 1. The fraction of sp³-hybridized carbons (Fsp3) is 0.545. The second-order valence-electron chi connectivity index (χ2n) is 3.48. The van der Waals surface area contributed by atoms with Crippen molar-refractivity contribution in [2.24, 2.45) is 0 Å². The van der Waals surface area contributed by atoms with E-state index in [1.165, 1.54) is 18.3 Å². The molecule has 6 nitrogen and oxygen atoms in total. The fourth-order valence-electron chi connectivity index (χ4n) is 1.36. The molecule has 1 N–H and O–H groups in total. The third-order valence-electron chi connectivity index (χ3n) is 2.16. The van der Waals surface area contributed by atoms with Crippen LogP contribution in [0, 0.1) is 0 Å². The minimum atomic E-state index is -3.73. The van der Waals surface area contributed by atoms with E-state index in [9.17, 15) is 8.42 Å². The van der Waals surface area contributed by atoms with Crippen LogP contribution in [-0.2, 0) is 19.5 Å². The summed E-state index contributed by atoms with van der Waals surface area (Å²) in [5, 5.41) is -0.0700. The van der Waals surface area contributed by atoms with Gasteiger partial charge in [-0.05, 0) is 26.0 Å². The molecule has 1 rings (SSSR count). The van der Waals surface area contributed by atoms with E-state index in [0.29, 0.717) is 13.2 Å². The average molecular weight is 309 g/mol. The molecule has 1 aromatic heterocycles. The Morgan fingerprint density at radius 1 is 1.37 bits per heavy atom. The summed E-state index contributed by atoms with van der Waals surface area (Å²) in [6, 6.07) is 2.89. The second-order valence-corrected chi connectivity index (χ2v) is 5.58. The molecular formula is C11H17ClN2O4S. The van der Waals surface area contributed by atoms with Crippen molar-refractivity contribution in [3.63, 3.8) is 0 Å².